The Kier molecular flexibility index (Phi) is 7.06. The molecule has 1 rings (SSSR count). The Hall–Kier alpha value is -1.39. The van der Waals surface area contributed by atoms with E-state index >= 15 is 0 Å². The van der Waals surface area contributed by atoms with E-state index in [1.165, 1.54) is 0 Å². The standard InChI is InChI=1S/C14H20O4/c1-2-18-14(16)10-13(15)8-9-17-11-12-6-4-3-5-7-12/h3-7,13,15H,2,8-11H2,1H3/t13-/m1/s1. The second-order valence-electron chi connectivity index (χ2n) is 3.99. The molecule has 0 saturated carbocycles. The molecule has 1 N–H and O–H groups in total. The maximum atomic E-state index is 11.1. The van der Waals surface area contributed by atoms with E-state index in [0.29, 0.717) is 26.2 Å². The van der Waals surface area contributed by atoms with Crippen molar-refractivity contribution in [2.45, 2.75) is 32.5 Å². The van der Waals surface area contributed by atoms with Gasteiger partial charge in [-0.1, -0.05) is 30.3 Å². The molecule has 0 bridgehead atoms. The lowest BCUT2D eigenvalue weighted by atomic mass is 10.2. The van der Waals surface area contributed by atoms with E-state index in [1.807, 2.05) is 30.3 Å². The van der Waals surface area contributed by atoms with Crippen LogP contribution in [0.15, 0.2) is 30.3 Å². The van der Waals surface area contributed by atoms with Gasteiger partial charge in [-0.2, -0.15) is 0 Å². The van der Waals surface area contributed by atoms with E-state index in [-0.39, 0.29) is 12.4 Å². The first kappa shape index (κ1) is 14.7. The molecule has 1 aromatic rings. The van der Waals surface area contributed by atoms with Crippen LogP contribution in [0.3, 0.4) is 0 Å². The Morgan fingerprint density at radius 3 is 2.72 bits per heavy atom. The maximum Gasteiger partial charge on any atom is 0.308 e. The average Bonchev–Trinajstić information content (AvgIpc) is 2.36. The van der Waals surface area contributed by atoms with E-state index in [1.54, 1.807) is 6.92 Å². The largest absolute Gasteiger partial charge is 0.466 e. The van der Waals surface area contributed by atoms with Crippen molar-refractivity contribution in [3.63, 3.8) is 0 Å². The van der Waals surface area contributed by atoms with Crippen LogP contribution in [0.25, 0.3) is 0 Å². The van der Waals surface area contributed by atoms with Gasteiger partial charge >= 0.3 is 5.97 Å². The highest BCUT2D eigenvalue weighted by Gasteiger charge is 2.11. The van der Waals surface area contributed by atoms with E-state index < -0.39 is 6.10 Å². The van der Waals surface area contributed by atoms with Crippen LogP contribution in [0.2, 0.25) is 0 Å². The Balaban J connectivity index is 2.09. The summed E-state index contributed by atoms with van der Waals surface area (Å²) in [6.07, 6.45) is -0.228. The lowest BCUT2D eigenvalue weighted by Crippen LogP contribution is -2.17. The number of benzene rings is 1. The van der Waals surface area contributed by atoms with Crippen molar-refractivity contribution >= 4 is 5.97 Å². The lowest BCUT2D eigenvalue weighted by molar-refractivity contribution is -0.145. The molecular weight excluding hydrogens is 232 g/mol. The molecule has 0 saturated heterocycles. The fourth-order valence-corrected chi connectivity index (χ4v) is 1.50. The summed E-state index contributed by atoms with van der Waals surface area (Å²) in [4.78, 5) is 11.1. The molecule has 0 unspecified atom stereocenters. The molecule has 1 aromatic carbocycles. The third kappa shape index (κ3) is 6.37. The molecule has 4 nitrogen and oxygen atoms in total. The second kappa shape index (κ2) is 8.66. The Morgan fingerprint density at radius 2 is 2.06 bits per heavy atom. The number of rotatable bonds is 8. The van der Waals surface area contributed by atoms with Crippen molar-refractivity contribution < 1.29 is 19.4 Å². The minimum atomic E-state index is -0.695. The zero-order valence-electron chi connectivity index (χ0n) is 10.7. The highest BCUT2D eigenvalue weighted by molar-refractivity contribution is 5.69. The van der Waals surface area contributed by atoms with Gasteiger partial charge in [0.25, 0.3) is 0 Å². The first-order valence-corrected chi connectivity index (χ1v) is 6.17. The van der Waals surface area contributed by atoms with Crippen LogP contribution in [0.5, 0.6) is 0 Å². The third-order valence-electron chi connectivity index (χ3n) is 2.41. The molecule has 0 aliphatic carbocycles. The molecular formula is C14H20O4. The highest BCUT2D eigenvalue weighted by Crippen LogP contribution is 2.04. The summed E-state index contributed by atoms with van der Waals surface area (Å²) < 4.78 is 10.2. The second-order valence-corrected chi connectivity index (χ2v) is 3.99. The van der Waals surface area contributed by atoms with Gasteiger partial charge in [-0.15, -0.1) is 0 Å². The Morgan fingerprint density at radius 1 is 1.33 bits per heavy atom. The number of aliphatic hydroxyl groups is 1. The smallest absolute Gasteiger partial charge is 0.308 e. The Bertz CT molecular complexity index is 337. The monoisotopic (exact) mass is 252 g/mol. The molecule has 0 radical (unpaired) electrons. The van der Waals surface area contributed by atoms with Gasteiger partial charge in [0.05, 0.1) is 25.7 Å². The number of carbonyl (C=O) groups is 1. The van der Waals surface area contributed by atoms with Crippen LogP contribution >= 0.6 is 0 Å². The predicted molar refractivity (Wildman–Crippen MR) is 68.0 cm³/mol. The SMILES string of the molecule is CCOC(=O)C[C@H](O)CCOCc1ccccc1. The summed E-state index contributed by atoms with van der Waals surface area (Å²) in [7, 11) is 0. The maximum absolute atomic E-state index is 11.1. The Labute approximate surface area is 108 Å². The van der Waals surface area contributed by atoms with Crippen molar-refractivity contribution in [3.8, 4) is 0 Å². The fraction of sp³-hybridized carbons (Fsp3) is 0.500. The molecule has 18 heavy (non-hydrogen) atoms. The zero-order chi connectivity index (χ0) is 13.2. The van der Waals surface area contributed by atoms with Crippen LogP contribution in [-0.2, 0) is 20.9 Å². The topological polar surface area (TPSA) is 55.8 Å². The quantitative estimate of drug-likeness (QED) is 0.567. The summed E-state index contributed by atoms with van der Waals surface area (Å²) in [6.45, 7) is 3.03. The van der Waals surface area contributed by atoms with Crippen LogP contribution < -0.4 is 0 Å². The summed E-state index contributed by atoms with van der Waals surface area (Å²) in [5.74, 6) is -0.368. The van der Waals surface area contributed by atoms with E-state index in [4.69, 9.17) is 9.47 Å². The van der Waals surface area contributed by atoms with Crippen molar-refractivity contribution in [1.82, 2.24) is 0 Å². The number of carbonyl (C=O) groups excluding carboxylic acids is 1. The molecule has 0 amide bonds. The number of ether oxygens (including phenoxy) is 2. The van der Waals surface area contributed by atoms with Gasteiger partial charge in [0.15, 0.2) is 0 Å². The summed E-state index contributed by atoms with van der Waals surface area (Å²) in [6, 6.07) is 9.82. The fourth-order valence-electron chi connectivity index (χ4n) is 1.50. The van der Waals surface area contributed by atoms with Crippen molar-refractivity contribution in [1.29, 1.82) is 0 Å². The minimum Gasteiger partial charge on any atom is -0.466 e. The summed E-state index contributed by atoms with van der Waals surface area (Å²) in [5.41, 5.74) is 1.09. The van der Waals surface area contributed by atoms with Gasteiger partial charge < -0.3 is 14.6 Å². The molecule has 0 fully saturated rings. The molecule has 1 atom stereocenters. The number of hydrogen-bond acceptors (Lipinski definition) is 4. The van der Waals surface area contributed by atoms with Gasteiger partial charge in [-0.3, -0.25) is 4.79 Å². The average molecular weight is 252 g/mol. The molecule has 100 valence electrons. The number of esters is 1. The third-order valence-corrected chi connectivity index (χ3v) is 2.41. The van der Waals surface area contributed by atoms with Crippen LogP contribution in [0.1, 0.15) is 25.3 Å². The van der Waals surface area contributed by atoms with E-state index in [9.17, 15) is 9.90 Å². The summed E-state index contributed by atoms with van der Waals surface area (Å²) in [5, 5.41) is 9.56. The molecule has 0 aliphatic rings. The van der Waals surface area contributed by atoms with Crippen LogP contribution in [-0.4, -0.2) is 30.4 Å². The van der Waals surface area contributed by atoms with Crippen molar-refractivity contribution in [3.05, 3.63) is 35.9 Å². The molecule has 0 spiro atoms. The molecule has 0 aromatic heterocycles. The highest BCUT2D eigenvalue weighted by atomic mass is 16.5. The lowest BCUT2D eigenvalue weighted by Gasteiger charge is -2.10. The van der Waals surface area contributed by atoms with Crippen molar-refractivity contribution in [2.24, 2.45) is 0 Å². The zero-order valence-corrected chi connectivity index (χ0v) is 10.7. The first-order chi connectivity index (χ1) is 8.72. The first-order valence-electron chi connectivity index (χ1n) is 6.17. The van der Waals surface area contributed by atoms with E-state index in [2.05, 4.69) is 0 Å². The number of aliphatic hydroxyl groups excluding tert-OH is 1. The van der Waals surface area contributed by atoms with Crippen LogP contribution in [0.4, 0.5) is 0 Å². The van der Waals surface area contributed by atoms with Crippen LogP contribution in [0, 0.1) is 0 Å². The van der Waals surface area contributed by atoms with Gasteiger partial charge in [0, 0.05) is 6.61 Å². The van der Waals surface area contributed by atoms with Gasteiger partial charge in [0.1, 0.15) is 0 Å². The molecule has 4 heteroatoms. The summed E-state index contributed by atoms with van der Waals surface area (Å²) >= 11 is 0. The number of hydrogen-bond donors (Lipinski definition) is 1. The predicted octanol–water partition coefficient (Wildman–Crippen LogP) is 1.91. The molecule has 0 heterocycles. The van der Waals surface area contributed by atoms with Crippen molar-refractivity contribution in [2.75, 3.05) is 13.2 Å². The van der Waals surface area contributed by atoms with Gasteiger partial charge in [-0.05, 0) is 18.9 Å². The van der Waals surface area contributed by atoms with E-state index in [0.717, 1.165) is 5.56 Å². The minimum absolute atomic E-state index is 0.0303. The normalized spacial score (nSPS) is 12.1. The van der Waals surface area contributed by atoms with Gasteiger partial charge in [-0.25, -0.2) is 0 Å². The molecule has 0 aliphatic heterocycles. The van der Waals surface area contributed by atoms with Gasteiger partial charge in [0.2, 0.25) is 0 Å².